The molecule has 0 aliphatic carbocycles. The van der Waals surface area contributed by atoms with Gasteiger partial charge in [0.2, 0.25) is 5.78 Å². The van der Waals surface area contributed by atoms with Gasteiger partial charge in [0.15, 0.2) is 12.3 Å². The molecule has 2 heterocycles. The molecule has 0 N–H and O–H groups in total. The summed E-state index contributed by atoms with van der Waals surface area (Å²) >= 11 is 0. The highest BCUT2D eigenvalue weighted by atomic mass is 16.5. The van der Waals surface area contributed by atoms with E-state index in [0.717, 1.165) is 24.4 Å². The van der Waals surface area contributed by atoms with Gasteiger partial charge in [-0.15, -0.1) is 0 Å². The zero-order chi connectivity index (χ0) is 22.0. The second kappa shape index (κ2) is 8.65. The van der Waals surface area contributed by atoms with Crippen molar-refractivity contribution >= 4 is 22.5 Å². The van der Waals surface area contributed by atoms with Gasteiger partial charge in [0.25, 0.3) is 5.56 Å². The maximum atomic E-state index is 12.8. The molecule has 0 saturated heterocycles. The molecule has 0 fully saturated rings. The van der Waals surface area contributed by atoms with Crippen LogP contribution in [0.1, 0.15) is 65.5 Å². The van der Waals surface area contributed by atoms with E-state index in [-0.39, 0.29) is 29.7 Å². The molecule has 0 amide bonds. The van der Waals surface area contributed by atoms with Crippen LogP contribution < -0.4 is 5.56 Å². The fourth-order valence-electron chi connectivity index (χ4n) is 3.64. The van der Waals surface area contributed by atoms with Crippen LogP contribution in [-0.4, -0.2) is 32.7 Å². The Hall–Kier alpha value is -3.22. The van der Waals surface area contributed by atoms with E-state index in [1.54, 1.807) is 24.3 Å². The summed E-state index contributed by atoms with van der Waals surface area (Å²) in [7, 11) is 0. The van der Waals surface area contributed by atoms with E-state index in [1.165, 1.54) is 4.68 Å². The van der Waals surface area contributed by atoms with Crippen molar-refractivity contribution in [2.75, 3.05) is 6.61 Å². The summed E-state index contributed by atoms with van der Waals surface area (Å²) in [6, 6.07) is 8.38. The Morgan fingerprint density at radius 1 is 1.13 bits per heavy atom. The minimum absolute atomic E-state index is 0.0307. The molecule has 1 aromatic carbocycles. The lowest BCUT2D eigenvalue weighted by atomic mass is 10.1. The molecule has 0 aliphatic rings. The number of aromatic nitrogens is 3. The predicted octanol–water partition coefficient (Wildman–Crippen LogP) is 3.85. The van der Waals surface area contributed by atoms with E-state index >= 15 is 0 Å². The molecule has 2 aromatic heterocycles. The van der Waals surface area contributed by atoms with Crippen LogP contribution in [0.2, 0.25) is 0 Å². The number of hydrogen-bond acceptors (Lipinski definition) is 5. The first-order valence-corrected chi connectivity index (χ1v) is 10.1. The number of Topliss-reactive ketones (excluding diaryl/α,β-unsaturated/α-hetero) is 1. The van der Waals surface area contributed by atoms with Crippen molar-refractivity contribution in [3.8, 4) is 0 Å². The minimum Gasteiger partial charge on any atom is -0.452 e. The maximum absolute atomic E-state index is 12.8. The van der Waals surface area contributed by atoms with Crippen molar-refractivity contribution in [3.05, 3.63) is 63.3 Å². The molecule has 0 bridgehead atoms. The predicted molar refractivity (Wildman–Crippen MR) is 115 cm³/mol. The van der Waals surface area contributed by atoms with Gasteiger partial charge < -0.3 is 9.30 Å². The number of fused-ring (bicyclic) bond motifs is 1. The van der Waals surface area contributed by atoms with Crippen molar-refractivity contribution in [1.29, 1.82) is 0 Å². The molecule has 0 atom stereocenters. The average molecular weight is 409 g/mol. The normalized spacial score (nSPS) is 11.3. The summed E-state index contributed by atoms with van der Waals surface area (Å²) in [5.41, 5.74) is 2.19. The Bertz CT molecular complexity index is 1170. The first-order chi connectivity index (χ1) is 14.3. The van der Waals surface area contributed by atoms with Crippen LogP contribution >= 0.6 is 0 Å². The highest BCUT2D eigenvalue weighted by Gasteiger charge is 2.21. The van der Waals surface area contributed by atoms with Gasteiger partial charge in [-0.1, -0.05) is 25.1 Å². The van der Waals surface area contributed by atoms with Crippen LogP contribution in [0.25, 0.3) is 10.8 Å². The third-order valence-electron chi connectivity index (χ3n) is 5.17. The van der Waals surface area contributed by atoms with Crippen LogP contribution in [-0.2, 0) is 11.3 Å². The van der Waals surface area contributed by atoms with E-state index in [9.17, 15) is 14.4 Å². The third-order valence-corrected chi connectivity index (χ3v) is 5.17. The van der Waals surface area contributed by atoms with Crippen molar-refractivity contribution in [2.45, 2.75) is 53.6 Å². The van der Waals surface area contributed by atoms with Crippen LogP contribution in [0.3, 0.4) is 0 Å². The Balaban J connectivity index is 1.88. The summed E-state index contributed by atoms with van der Waals surface area (Å²) in [5.74, 6) is -0.989. The molecule has 30 heavy (non-hydrogen) atoms. The van der Waals surface area contributed by atoms with E-state index in [2.05, 4.69) is 16.6 Å². The summed E-state index contributed by atoms with van der Waals surface area (Å²) < 4.78 is 8.66. The number of nitrogens with zero attached hydrogens (tertiary/aromatic N) is 3. The molecule has 3 rings (SSSR count). The molecule has 7 heteroatoms. The third kappa shape index (κ3) is 3.92. The monoisotopic (exact) mass is 409 g/mol. The first kappa shape index (κ1) is 21.5. The van der Waals surface area contributed by atoms with E-state index in [0.29, 0.717) is 16.3 Å². The standard InChI is InChI=1S/C23H27N3O4/c1-6-11-25-15(4)12-19(16(25)5)20(27)13-30-23(29)21-17-9-7-8-10-18(17)22(28)26(24-21)14(2)3/h7-10,12,14H,6,11,13H2,1-5H3. The second-order valence-corrected chi connectivity index (χ2v) is 7.67. The smallest absolute Gasteiger partial charge is 0.359 e. The van der Waals surface area contributed by atoms with Gasteiger partial charge in [-0.05, 0) is 46.2 Å². The van der Waals surface area contributed by atoms with Gasteiger partial charge in [0.05, 0.1) is 11.4 Å². The van der Waals surface area contributed by atoms with E-state index < -0.39 is 5.97 Å². The molecule has 3 aromatic rings. The fraction of sp³-hybridized carbons (Fsp3) is 0.391. The second-order valence-electron chi connectivity index (χ2n) is 7.67. The van der Waals surface area contributed by atoms with Gasteiger partial charge in [-0.3, -0.25) is 9.59 Å². The highest BCUT2D eigenvalue weighted by Crippen LogP contribution is 2.18. The Morgan fingerprint density at radius 2 is 1.80 bits per heavy atom. The number of carbonyl (C=O) groups excluding carboxylic acids is 2. The lowest BCUT2D eigenvalue weighted by molar-refractivity contribution is 0.0468. The van der Waals surface area contributed by atoms with Crippen molar-refractivity contribution in [3.63, 3.8) is 0 Å². The number of benzene rings is 1. The Kier molecular flexibility index (Phi) is 6.20. The van der Waals surface area contributed by atoms with Gasteiger partial charge >= 0.3 is 5.97 Å². The zero-order valence-electron chi connectivity index (χ0n) is 18.1. The number of rotatable bonds is 7. The van der Waals surface area contributed by atoms with Crippen molar-refractivity contribution < 1.29 is 14.3 Å². The van der Waals surface area contributed by atoms with Gasteiger partial charge in [0.1, 0.15) is 0 Å². The van der Waals surface area contributed by atoms with Gasteiger partial charge in [-0.25, -0.2) is 9.48 Å². The Labute approximate surface area is 175 Å². The molecule has 0 spiro atoms. The molecule has 0 aliphatic heterocycles. The lowest BCUT2D eigenvalue weighted by Gasteiger charge is -2.13. The van der Waals surface area contributed by atoms with Crippen LogP contribution in [0.4, 0.5) is 0 Å². The summed E-state index contributed by atoms with van der Waals surface area (Å²) in [6.07, 6.45) is 0.962. The number of ketones is 1. The first-order valence-electron chi connectivity index (χ1n) is 10.1. The molecule has 158 valence electrons. The summed E-state index contributed by atoms with van der Waals surface area (Å²) in [4.78, 5) is 38.1. The number of hydrogen-bond donors (Lipinski definition) is 0. The van der Waals surface area contributed by atoms with Crippen LogP contribution in [0, 0.1) is 13.8 Å². The fourth-order valence-corrected chi connectivity index (χ4v) is 3.64. The van der Waals surface area contributed by atoms with E-state index in [4.69, 9.17) is 4.74 Å². The lowest BCUT2D eigenvalue weighted by Crippen LogP contribution is -2.28. The van der Waals surface area contributed by atoms with Gasteiger partial charge in [0, 0.05) is 28.9 Å². The Morgan fingerprint density at radius 3 is 2.43 bits per heavy atom. The quantitative estimate of drug-likeness (QED) is 0.437. The van der Waals surface area contributed by atoms with Crippen molar-refractivity contribution in [1.82, 2.24) is 14.3 Å². The zero-order valence-corrected chi connectivity index (χ0v) is 18.1. The van der Waals surface area contributed by atoms with Gasteiger partial charge in [-0.2, -0.15) is 5.10 Å². The number of ether oxygens (including phenoxy) is 1. The summed E-state index contributed by atoms with van der Waals surface area (Å²) in [5, 5.41) is 5.03. The molecule has 0 saturated carbocycles. The van der Waals surface area contributed by atoms with Crippen molar-refractivity contribution in [2.24, 2.45) is 0 Å². The highest BCUT2D eigenvalue weighted by molar-refractivity contribution is 6.04. The number of carbonyl (C=O) groups is 2. The average Bonchev–Trinajstić information content (AvgIpc) is 3.00. The van der Waals surface area contributed by atoms with Crippen LogP contribution in [0.5, 0.6) is 0 Å². The number of esters is 1. The molecular formula is C23H27N3O4. The maximum Gasteiger partial charge on any atom is 0.359 e. The summed E-state index contributed by atoms with van der Waals surface area (Å²) in [6.45, 7) is 10.0. The van der Waals surface area contributed by atoms with E-state index in [1.807, 2.05) is 33.8 Å². The minimum atomic E-state index is -0.726. The molecule has 7 nitrogen and oxygen atoms in total. The van der Waals surface area contributed by atoms with Crippen LogP contribution in [0.15, 0.2) is 35.1 Å². The molecule has 0 unspecified atom stereocenters. The largest absolute Gasteiger partial charge is 0.452 e. The molecule has 0 radical (unpaired) electrons. The molecular weight excluding hydrogens is 382 g/mol. The topological polar surface area (TPSA) is 83.2 Å². The SMILES string of the molecule is CCCn1c(C)cc(C(=O)COC(=O)c2nn(C(C)C)c(=O)c3ccccc23)c1C. The number of aryl methyl sites for hydroxylation is 1.